The summed E-state index contributed by atoms with van der Waals surface area (Å²) in [7, 11) is -4.22. The first-order valence-corrected chi connectivity index (χ1v) is 15.8. The first-order chi connectivity index (χ1) is 21.8. The Balaban J connectivity index is 1.50. The maximum Gasteiger partial charge on any atom is 0.471 e. The molecule has 1 unspecified atom stereocenters. The number of piperidine rings is 1. The topological polar surface area (TPSA) is 129 Å². The minimum atomic E-state index is -5.38. The van der Waals surface area contributed by atoms with Crippen molar-refractivity contribution in [1.29, 1.82) is 0 Å². The fourth-order valence-electron chi connectivity index (χ4n) is 5.86. The number of alkyl halides is 3. The maximum absolute atomic E-state index is 14.2. The number of benzene rings is 3. The molecule has 2 amide bonds. The number of amides is 2. The Labute approximate surface area is 263 Å². The molecule has 1 aromatic heterocycles. The van der Waals surface area contributed by atoms with Gasteiger partial charge < -0.3 is 4.74 Å². The van der Waals surface area contributed by atoms with Crippen LogP contribution in [0.2, 0.25) is 0 Å². The average Bonchev–Trinajstić information content (AvgIpc) is 3.04. The van der Waals surface area contributed by atoms with E-state index in [2.05, 4.69) is 4.98 Å². The number of hydrogen-bond acceptors (Lipinski definition) is 7. The smallest absolute Gasteiger partial charge is 0.471 e. The molecule has 0 bridgehead atoms. The number of carbonyl (C=O) groups excluding carboxylic acids is 2. The third kappa shape index (κ3) is 6.83. The highest BCUT2D eigenvalue weighted by Gasteiger charge is 2.54. The third-order valence-electron chi connectivity index (χ3n) is 7.85. The zero-order valence-electron chi connectivity index (χ0n) is 24.7. The van der Waals surface area contributed by atoms with E-state index in [0.29, 0.717) is 10.6 Å². The Morgan fingerprint density at radius 1 is 1.04 bits per heavy atom. The summed E-state index contributed by atoms with van der Waals surface area (Å²) in [6, 6.07) is 22.0. The second-order valence-corrected chi connectivity index (χ2v) is 13.0. The number of anilines is 1. The fourth-order valence-corrected chi connectivity index (χ4v) is 7.44. The van der Waals surface area contributed by atoms with E-state index in [1.165, 1.54) is 54.0 Å². The summed E-state index contributed by atoms with van der Waals surface area (Å²) < 4.78 is 76.5. The van der Waals surface area contributed by atoms with Gasteiger partial charge in [-0.2, -0.15) is 17.5 Å². The fraction of sp³-hybridized carbons (Fsp3) is 0.281. The van der Waals surface area contributed by atoms with E-state index in [1.807, 2.05) is 37.3 Å². The summed E-state index contributed by atoms with van der Waals surface area (Å²) in [5.74, 6) is -3.08. The minimum Gasteiger partial charge on any atom is -0.489 e. The monoisotopic (exact) mass is 656 g/mol. The number of ether oxygens (including phenoxy) is 1. The molecule has 3 aromatic carbocycles. The number of hydroxylamine groups is 1. The molecule has 1 fully saturated rings. The van der Waals surface area contributed by atoms with Crippen molar-refractivity contribution in [2.24, 2.45) is 0 Å². The number of nitrogens with zero attached hydrogens (tertiary/aromatic N) is 3. The van der Waals surface area contributed by atoms with Crippen molar-refractivity contribution in [1.82, 2.24) is 14.8 Å². The molecule has 46 heavy (non-hydrogen) atoms. The van der Waals surface area contributed by atoms with Gasteiger partial charge in [0.05, 0.1) is 22.4 Å². The molecule has 0 radical (unpaired) electrons. The van der Waals surface area contributed by atoms with Gasteiger partial charge in [-0.05, 0) is 68.3 Å². The molecule has 242 valence electrons. The van der Waals surface area contributed by atoms with Crippen LogP contribution in [-0.2, 0) is 26.2 Å². The number of rotatable bonds is 9. The van der Waals surface area contributed by atoms with Crippen LogP contribution in [0.3, 0.4) is 0 Å². The van der Waals surface area contributed by atoms with Crippen LogP contribution in [0.25, 0.3) is 10.9 Å². The van der Waals surface area contributed by atoms with Crippen LogP contribution in [0.1, 0.15) is 30.5 Å². The summed E-state index contributed by atoms with van der Waals surface area (Å²) in [5.41, 5.74) is 1.58. The van der Waals surface area contributed by atoms with E-state index < -0.39 is 46.5 Å². The molecule has 10 nitrogen and oxygen atoms in total. The van der Waals surface area contributed by atoms with Crippen molar-refractivity contribution in [3.63, 3.8) is 0 Å². The van der Waals surface area contributed by atoms with Gasteiger partial charge in [-0.25, -0.2) is 13.9 Å². The van der Waals surface area contributed by atoms with E-state index in [4.69, 9.17) is 4.74 Å². The predicted molar refractivity (Wildman–Crippen MR) is 163 cm³/mol. The summed E-state index contributed by atoms with van der Waals surface area (Å²) in [5, 5.41) is 10.2. The number of para-hydroxylation sites is 1. The molecule has 1 saturated heterocycles. The lowest BCUT2D eigenvalue weighted by molar-refractivity contribution is -0.172. The normalized spacial score (nSPS) is 17.4. The van der Waals surface area contributed by atoms with Crippen LogP contribution < -0.4 is 15.1 Å². The van der Waals surface area contributed by atoms with Crippen molar-refractivity contribution in [3.05, 3.63) is 96.2 Å². The standard InChI is InChI=1S/C32H31F3N4O6S/c1-22-18-23(27-10-5-6-11-28(27)36-22)20-45-25-14-12-24(13-15-25)39(30(41)32(33,34)35)31(19-29(40)37-42)16-7-17-38(21-31)46(43,44)26-8-3-2-4-9-26/h2-6,8-15,18,42H,7,16-17,19-21H2,1H3,(H,37,40). The Bertz CT molecular complexity index is 1840. The molecule has 2 N–H and O–H groups in total. The number of sulfonamides is 1. The second-order valence-electron chi connectivity index (χ2n) is 11.1. The molecule has 1 atom stereocenters. The molecule has 5 rings (SSSR count). The number of fused-ring (bicyclic) bond motifs is 1. The largest absolute Gasteiger partial charge is 0.489 e. The van der Waals surface area contributed by atoms with Crippen LogP contribution in [0, 0.1) is 6.92 Å². The van der Waals surface area contributed by atoms with E-state index >= 15 is 0 Å². The summed E-state index contributed by atoms with van der Waals surface area (Å²) in [6.45, 7) is 1.29. The van der Waals surface area contributed by atoms with Crippen molar-refractivity contribution in [2.45, 2.75) is 49.4 Å². The van der Waals surface area contributed by atoms with Gasteiger partial charge in [-0.15, -0.1) is 0 Å². The summed E-state index contributed by atoms with van der Waals surface area (Å²) in [4.78, 5) is 30.5. The molecule has 0 saturated carbocycles. The number of nitrogens with one attached hydrogen (secondary N) is 1. The van der Waals surface area contributed by atoms with Gasteiger partial charge in [0, 0.05) is 35.4 Å². The predicted octanol–water partition coefficient (Wildman–Crippen LogP) is 5.14. The van der Waals surface area contributed by atoms with E-state index in [0.717, 1.165) is 26.5 Å². The molecule has 1 aliphatic heterocycles. The van der Waals surface area contributed by atoms with Crippen molar-refractivity contribution in [3.8, 4) is 5.75 Å². The van der Waals surface area contributed by atoms with E-state index in [1.54, 1.807) is 6.07 Å². The first kappa shape index (κ1) is 32.9. The van der Waals surface area contributed by atoms with Crippen molar-refractivity contribution >= 4 is 38.4 Å². The summed E-state index contributed by atoms with van der Waals surface area (Å²) in [6.07, 6.45) is -6.31. The van der Waals surface area contributed by atoms with Gasteiger partial charge >= 0.3 is 12.1 Å². The Morgan fingerprint density at radius 2 is 1.72 bits per heavy atom. The van der Waals surface area contributed by atoms with Crippen LogP contribution in [-0.4, -0.2) is 59.5 Å². The Hall–Kier alpha value is -4.53. The minimum absolute atomic E-state index is 0.0346. The van der Waals surface area contributed by atoms with Crippen molar-refractivity contribution in [2.75, 3.05) is 18.0 Å². The molecule has 2 heterocycles. The van der Waals surface area contributed by atoms with Gasteiger partial charge in [-0.1, -0.05) is 36.4 Å². The zero-order chi connectivity index (χ0) is 33.1. The highest BCUT2D eigenvalue weighted by Crippen LogP contribution is 2.40. The lowest BCUT2D eigenvalue weighted by Gasteiger charge is -2.48. The van der Waals surface area contributed by atoms with Gasteiger partial charge in [0.25, 0.3) is 0 Å². The summed E-state index contributed by atoms with van der Waals surface area (Å²) >= 11 is 0. The van der Waals surface area contributed by atoms with Gasteiger partial charge in [-0.3, -0.25) is 24.7 Å². The Morgan fingerprint density at radius 3 is 2.39 bits per heavy atom. The molecule has 1 aliphatic rings. The lowest BCUT2D eigenvalue weighted by Crippen LogP contribution is -2.65. The van der Waals surface area contributed by atoms with Gasteiger partial charge in [0.15, 0.2) is 0 Å². The molecule has 14 heteroatoms. The molecular weight excluding hydrogens is 625 g/mol. The highest BCUT2D eigenvalue weighted by atomic mass is 32.2. The number of carbonyl (C=O) groups is 2. The second kappa shape index (κ2) is 13.1. The number of hydrogen-bond donors (Lipinski definition) is 2. The number of aromatic nitrogens is 1. The van der Waals surface area contributed by atoms with Crippen LogP contribution in [0.15, 0.2) is 89.8 Å². The molecule has 4 aromatic rings. The first-order valence-electron chi connectivity index (χ1n) is 14.3. The lowest BCUT2D eigenvalue weighted by atomic mass is 9.83. The number of halogens is 3. The van der Waals surface area contributed by atoms with Crippen LogP contribution in [0.5, 0.6) is 5.75 Å². The quantitative estimate of drug-likeness (QED) is 0.189. The van der Waals surface area contributed by atoms with Gasteiger partial charge in [0.1, 0.15) is 12.4 Å². The number of aryl methyl sites for hydroxylation is 1. The van der Waals surface area contributed by atoms with Crippen LogP contribution in [0.4, 0.5) is 18.9 Å². The molecule has 0 aliphatic carbocycles. The molecular formula is C32H31F3N4O6S. The zero-order valence-corrected chi connectivity index (χ0v) is 25.5. The SMILES string of the molecule is Cc1cc(COc2ccc(N(C(=O)C(F)(F)F)C3(CC(=O)NO)CCCN(S(=O)(=O)c4ccccc4)C3)cc2)c2ccccc2n1. The van der Waals surface area contributed by atoms with Crippen LogP contribution >= 0.6 is 0 Å². The maximum atomic E-state index is 14.2. The van der Waals surface area contributed by atoms with Crippen molar-refractivity contribution < 1.29 is 41.1 Å². The number of pyridine rings is 1. The average molecular weight is 657 g/mol. The third-order valence-corrected chi connectivity index (χ3v) is 9.71. The highest BCUT2D eigenvalue weighted by molar-refractivity contribution is 7.89. The van der Waals surface area contributed by atoms with E-state index in [-0.39, 0.29) is 36.6 Å². The Kier molecular flexibility index (Phi) is 9.33. The van der Waals surface area contributed by atoms with Gasteiger partial charge in [0.2, 0.25) is 15.9 Å². The molecule has 0 spiro atoms. The van der Waals surface area contributed by atoms with E-state index in [9.17, 15) is 36.4 Å².